The van der Waals surface area contributed by atoms with Crippen LogP contribution in [0.4, 0.5) is 5.69 Å². The van der Waals surface area contributed by atoms with Crippen LogP contribution in [0.2, 0.25) is 0 Å². The summed E-state index contributed by atoms with van der Waals surface area (Å²) in [5, 5.41) is 0. The number of anilines is 1. The van der Waals surface area contributed by atoms with E-state index in [0.29, 0.717) is 17.4 Å². The summed E-state index contributed by atoms with van der Waals surface area (Å²) in [4.78, 5) is 0.144. The van der Waals surface area contributed by atoms with Gasteiger partial charge in [-0.25, -0.2) is 13.1 Å². The predicted octanol–water partition coefficient (Wildman–Crippen LogP) is 1.60. The van der Waals surface area contributed by atoms with Gasteiger partial charge in [0.15, 0.2) is 0 Å². The van der Waals surface area contributed by atoms with Crippen molar-refractivity contribution in [2.45, 2.75) is 31.8 Å². The van der Waals surface area contributed by atoms with Crippen LogP contribution in [0.5, 0.6) is 5.75 Å². The van der Waals surface area contributed by atoms with Crippen LogP contribution >= 0.6 is 0 Å². The van der Waals surface area contributed by atoms with Crippen molar-refractivity contribution < 1.29 is 13.2 Å². The molecule has 102 valence electrons. The first-order valence-corrected chi connectivity index (χ1v) is 7.26. The molecule has 1 unspecified atom stereocenters. The highest BCUT2D eigenvalue weighted by molar-refractivity contribution is 7.89. The molecular weight excluding hydrogens is 252 g/mol. The summed E-state index contributed by atoms with van der Waals surface area (Å²) in [5.74, 6) is 0.710. The zero-order valence-electron chi connectivity index (χ0n) is 11.1. The molecule has 0 aromatic heterocycles. The molecule has 5 nitrogen and oxygen atoms in total. The average molecular weight is 272 g/mol. The van der Waals surface area contributed by atoms with Gasteiger partial charge in [0.25, 0.3) is 0 Å². The number of nitrogens with two attached hydrogens (primary N) is 1. The zero-order valence-corrected chi connectivity index (χ0v) is 11.9. The zero-order chi connectivity index (χ0) is 13.9. The SMILES string of the molecule is CNS(=O)(=O)c1ccc(N)c(OC(C)C(C)C)c1. The van der Waals surface area contributed by atoms with Gasteiger partial charge in [-0.05, 0) is 32.0 Å². The van der Waals surface area contributed by atoms with E-state index in [9.17, 15) is 8.42 Å². The van der Waals surface area contributed by atoms with Gasteiger partial charge in [0, 0.05) is 6.07 Å². The van der Waals surface area contributed by atoms with Crippen molar-refractivity contribution in [2.24, 2.45) is 5.92 Å². The summed E-state index contributed by atoms with van der Waals surface area (Å²) < 4.78 is 31.3. The van der Waals surface area contributed by atoms with Gasteiger partial charge in [0.1, 0.15) is 5.75 Å². The van der Waals surface area contributed by atoms with Crippen molar-refractivity contribution in [3.05, 3.63) is 18.2 Å². The molecule has 0 spiro atoms. The van der Waals surface area contributed by atoms with E-state index in [1.165, 1.54) is 25.2 Å². The number of ether oxygens (including phenoxy) is 1. The topological polar surface area (TPSA) is 81.4 Å². The minimum absolute atomic E-state index is 0.0418. The lowest BCUT2D eigenvalue weighted by molar-refractivity contribution is 0.171. The summed E-state index contributed by atoms with van der Waals surface area (Å²) in [7, 11) is -2.11. The normalized spacial score (nSPS) is 13.6. The molecule has 0 fully saturated rings. The number of nitrogens with one attached hydrogen (secondary N) is 1. The fourth-order valence-corrected chi connectivity index (χ4v) is 1.98. The van der Waals surface area contributed by atoms with Gasteiger partial charge in [-0.1, -0.05) is 13.8 Å². The van der Waals surface area contributed by atoms with Crippen LogP contribution in [0.1, 0.15) is 20.8 Å². The van der Waals surface area contributed by atoms with Crippen molar-refractivity contribution in [3.63, 3.8) is 0 Å². The molecule has 0 saturated carbocycles. The lowest BCUT2D eigenvalue weighted by Crippen LogP contribution is -2.21. The second-order valence-electron chi connectivity index (χ2n) is 4.47. The molecule has 0 bridgehead atoms. The molecule has 1 aromatic rings. The highest BCUT2D eigenvalue weighted by Gasteiger charge is 2.16. The van der Waals surface area contributed by atoms with Gasteiger partial charge in [0.2, 0.25) is 10.0 Å². The van der Waals surface area contributed by atoms with Crippen LogP contribution in [0.3, 0.4) is 0 Å². The molecule has 6 heteroatoms. The average Bonchev–Trinajstić information content (AvgIpc) is 2.31. The Kier molecular flexibility index (Phi) is 4.59. The van der Waals surface area contributed by atoms with Crippen LogP contribution in [-0.4, -0.2) is 21.6 Å². The van der Waals surface area contributed by atoms with Gasteiger partial charge in [-0.2, -0.15) is 0 Å². The fourth-order valence-electron chi connectivity index (χ4n) is 1.24. The van der Waals surface area contributed by atoms with E-state index in [2.05, 4.69) is 4.72 Å². The first-order valence-electron chi connectivity index (χ1n) is 5.77. The van der Waals surface area contributed by atoms with Crippen LogP contribution < -0.4 is 15.2 Å². The Morgan fingerprint density at radius 2 is 1.89 bits per heavy atom. The van der Waals surface area contributed by atoms with E-state index in [4.69, 9.17) is 10.5 Å². The quantitative estimate of drug-likeness (QED) is 0.798. The Morgan fingerprint density at radius 1 is 1.28 bits per heavy atom. The number of hydrogen-bond acceptors (Lipinski definition) is 4. The van der Waals surface area contributed by atoms with Gasteiger partial charge < -0.3 is 10.5 Å². The molecule has 0 amide bonds. The van der Waals surface area contributed by atoms with Crippen LogP contribution in [0.25, 0.3) is 0 Å². The van der Waals surface area contributed by atoms with Crippen LogP contribution in [0, 0.1) is 5.92 Å². The molecule has 0 heterocycles. The molecule has 0 radical (unpaired) electrons. The smallest absolute Gasteiger partial charge is 0.240 e. The van der Waals surface area contributed by atoms with Crippen LogP contribution in [0.15, 0.2) is 23.1 Å². The lowest BCUT2D eigenvalue weighted by Gasteiger charge is -2.19. The molecule has 0 aliphatic heterocycles. The molecule has 1 aromatic carbocycles. The number of sulfonamides is 1. The Morgan fingerprint density at radius 3 is 2.39 bits per heavy atom. The van der Waals surface area contributed by atoms with E-state index in [-0.39, 0.29) is 11.0 Å². The summed E-state index contributed by atoms with van der Waals surface area (Å²) in [6.07, 6.45) is -0.0418. The van der Waals surface area contributed by atoms with E-state index in [1.54, 1.807) is 0 Å². The summed E-state index contributed by atoms with van der Waals surface area (Å²) in [5.41, 5.74) is 6.21. The molecule has 0 aliphatic carbocycles. The second-order valence-corrected chi connectivity index (χ2v) is 6.36. The van der Waals surface area contributed by atoms with E-state index in [1.807, 2.05) is 20.8 Å². The minimum Gasteiger partial charge on any atom is -0.488 e. The van der Waals surface area contributed by atoms with Crippen molar-refractivity contribution >= 4 is 15.7 Å². The Labute approximate surface area is 108 Å². The summed E-state index contributed by atoms with van der Waals surface area (Å²) in [6.45, 7) is 5.97. The van der Waals surface area contributed by atoms with Crippen molar-refractivity contribution in [1.29, 1.82) is 0 Å². The Bertz CT molecular complexity index is 512. The first-order chi connectivity index (χ1) is 8.27. The minimum atomic E-state index is -3.48. The maximum atomic E-state index is 11.7. The van der Waals surface area contributed by atoms with E-state index >= 15 is 0 Å². The highest BCUT2D eigenvalue weighted by Crippen LogP contribution is 2.27. The predicted molar refractivity (Wildman–Crippen MR) is 72.0 cm³/mol. The first kappa shape index (κ1) is 14.8. The van der Waals surface area contributed by atoms with Crippen LogP contribution in [-0.2, 0) is 10.0 Å². The maximum absolute atomic E-state index is 11.7. The molecule has 1 atom stereocenters. The lowest BCUT2D eigenvalue weighted by atomic mass is 10.1. The fraction of sp³-hybridized carbons (Fsp3) is 0.500. The van der Waals surface area contributed by atoms with E-state index < -0.39 is 10.0 Å². The van der Waals surface area contributed by atoms with Crippen molar-refractivity contribution in [1.82, 2.24) is 4.72 Å². The molecule has 0 aliphatic rings. The van der Waals surface area contributed by atoms with Gasteiger partial charge in [-0.3, -0.25) is 0 Å². The largest absolute Gasteiger partial charge is 0.488 e. The number of nitrogen functional groups attached to an aromatic ring is 1. The van der Waals surface area contributed by atoms with Gasteiger partial charge >= 0.3 is 0 Å². The third kappa shape index (κ3) is 3.36. The Hall–Kier alpha value is -1.27. The molecule has 1 rings (SSSR count). The number of rotatable bonds is 5. The van der Waals surface area contributed by atoms with Crippen molar-refractivity contribution in [2.75, 3.05) is 12.8 Å². The highest BCUT2D eigenvalue weighted by atomic mass is 32.2. The summed E-state index contributed by atoms with van der Waals surface area (Å²) in [6, 6.07) is 4.43. The van der Waals surface area contributed by atoms with Crippen molar-refractivity contribution in [3.8, 4) is 5.75 Å². The Balaban J connectivity index is 3.10. The van der Waals surface area contributed by atoms with Gasteiger partial charge in [0.05, 0.1) is 16.7 Å². The maximum Gasteiger partial charge on any atom is 0.240 e. The summed E-state index contributed by atoms with van der Waals surface area (Å²) >= 11 is 0. The molecular formula is C12H20N2O3S. The monoisotopic (exact) mass is 272 g/mol. The third-order valence-electron chi connectivity index (χ3n) is 2.82. The number of benzene rings is 1. The molecule has 3 N–H and O–H groups in total. The van der Waals surface area contributed by atoms with Gasteiger partial charge in [-0.15, -0.1) is 0 Å². The number of hydrogen-bond donors (Lipinski definition) is 2. The second kappa shape index (κ2) is 5.58. The van der Waals surface area contributed by atoms with E-state index in [0.717, 1.165) is 0 Å². The molecule has 0 saturated heterocycles. The molecule has 18 heavy (non-hydrogen) atoms. The standard InChI is InChI=1S/C12H20N2O3S/c1-8(2)9(3)17-12-7-10(5-6-11(12)13)18(15,16)14-4/h5-9,14H,13H2,1-4H3. The third-order valence-corrected chi connectivity index (χ3v) is 4.23.